The highest BCUT2D eigenvalue weighted by atomic mass is 16.5. The van der Waals surface area contributed by atoms with Gasteiger partial charge in [-0.15, -0.1) is 0 Å². The third-order valence-corrected chi connectivity index (χ3v) is 4.00. The zero-order chi connectivity index (χ0) is 18.2. The summed E-state index contributed by atoms with van der Waals surface area (Å²) in [7, 11) is 1.55. The van der Waals surface area contributed by atoms with Crippen LogP contribution in [0, 0.1) is 12.8 Å². The van der Waals surface area contributed by atoms with Gasteiger partial charge < -0.3 is 15.2 Å². The lowest BCUT2D eigenvalue weighted by atomic mass is 9.98. The highest BCUT2D eigenvalue weighted by Crippen LogP contribution is 2.17. The van der Waals surface area contributed by atoms with Crippen molar-refractivity contribution in [1.82, 2.24) is 5.32 Å². The Hall–Kier alpha value is -2.82. The van der Waals surface area contributed by atoms with Gasteiger partial charge in [0, 0.05) is 12.1 Å². The number of carboxylic acids is 1. The summed E-state index contributed by atoms with van der Waals surface area (Å²) < 4.78 is 5.23. The number of amides is 1. The van der Waals surface area contributed by atoms with Crippen molar-refractivity contribution in [3.8, 4) is 5.75 Å². The molecule has 1 amide bonds. The van der Waals surface area contributed by atoms with Gasteiger partial charge in [-0.25, -0.2) is 0 Å². The molecule has 1 atom stereocenters. The number of para-hydroxylation sites is 1. The number of aliphatic carboxylic acids is 1. The van der Waals surface area contributed by atoms with E-state index in [0.29, 0.717) is 12.2 Å². The number of carbonyl (C=O) groups excluding carboxylic acids is 1. The second-order valence-corrected chi connectivity index (χ2v) is 6.02. The minimum atomic E-state index is -0.918. The summed E-state index contributed by atoms with van der Waals surface area (Å²) >= 11 is 0. The molecule has 0 aliphatic rings. The molecule has 2 aromatic rings. The van der Waals surface area contributed by atoms with Crippen LogP contribution < -0.4 is 10.1 Å². The molecule has 132 valence electrons. The van der Waals surface area contributed by atoms with Crippen molar-refractivity contribution in [2.75, 3.05) is 13.7 Å². The molecule has 2 aromatic carbocycles. The third-order valence-electron chi connectivity index (χ3n) is 4.00. The van der Waals surface area contributed by atoms with Gasteiger partial charge in [-0.1, -0.05) is 48.0 Å². The molecule has 0 saturated carbocycles. The first-order valence-electron chi connectivity index (χ1n) is 8.16. The Balaban J connectivity index is 1.94. The van der Waals surface area contributed by atoms with Gasteiger partial charge in [-0.3, -0.25) is 9.59 Å². The van der Waals surface area contributed by atoms with E-state index in [0.717, 1.165) is 16.7 Å². The topological polar surface area (TPSA) is 75.6 Å². The van der Waals surface area contributed by atoms with E-state index in [2.05, 4.69) is 5.32 Å². The van der Waals surface area contributed by atoms with Gasteiger partial charge in [-0.2, -0.15) is 0 Å². The van der Waals surface area contributed by atoms with Crippen LogP contribution in [0.1, 0.15) is 16.7 Å². The van der Waals surface area contributed by atoms with E-state index in [1.165, 1.54) is 0 Å². The molecule has 2 N–H and O–H groups in total. The third kappa shape index (κ3) is 5.64. The van der Waals surface area contributed by atoms with Crippen molar-refractivity contribution in [3.63, 3.8) is 0 Å². The van der Waals surface area contributed by atoms with Crippen molar-refractivity contribution in [1.29, 1.82) is 0 Å². The molecule has 0 aliphatic heterocycles. The fourth-order valence-corrected chi connectivity index (χ4v) is 2.69. The summed E-state index contributed by atoms with van der Waals surface area (Å²) in [5.41, 5.74) is 2.81. The summed E-state index contributed by atoms with van der Waals surface area (Å²) in [6.07, 6.45) is 0.534. The molecule has 0 radical (unpaired) electrons. The van der Waals surface area contributed by atoms with E-state index >= 15 is 0 Å². The number of aryl methyl sites for hydroxylation is 1. The Morgan fingerprint density at radius 2 is 1.92 bits per heavy atom. The fraction of sp³-hybridized carbons (Fsp3) is 0.300. The first kappa shape index (κ1) is 18.5. The van der Waals surface area contributed by atoms with Crippen molar-refractivity contribution >= 4 is 11.9 Å². The Labute approximate surface area is 147 Å². The van der Waals surface area contributed by atoms with Crippen LogP contribution >= 0.6 is 0 Å². The van der Waals surface area contributed by atoms with E-state index < -0.39 is 11.9 Å². The Bertz CT molecular complexity index is 742. The summed E-state index contributed by atoms with van der Waals surface area (Å²) in [4.78, 5) is 23.6. The van der Waals surface area contributed by atoms with Gasteiger partial charge in [0.25, 0.3) is 0 Å². The lowest BCUT2D eigenvalue weighted by molar-refractivity contribution is -0.141. The van der Waals surface area contributed by atoms with Crippen LogP contribution in [0.4, 0.5) is 0 Å². The van der Waals surface area contributed by atoms with E-state index in [9.17, 15) is 14.7 Å². The maximum absolute atomic E-state index is 12.2. The molecular weight excluding hydrogens is 318 g/mol. The zero-order valence-corrected chi connectivity index (χ0v) is 14.5. The van der Waals surface area contributed by atoms with Crippen LogP contribution in [-0.2, 0) is 22.4 Å². The van der Waals surface area contributed by atoms with Crippen LogP contribution in [-0.4, -0.2) is 30.6 Å². The molecule has 0 bridgehead atoms. The Morgan fingerprint density at radius 1 is 1.16 bits per heavy atom. The molecule has 25 heavy (non-hydrogen) atoms. The lowest BCUT2D eigenvalue weighted by Crippen LogP contribution is -2.35. The van der Waals surface area contributed by atoms with E-state index in [-0.39, 0.29) is 18.9 Å². The molecule has 0 aliphatic carbocycles. The van der Waals surface area contributed by atoms with Crippen LogP contribution in [0.15, 0.2) is 48.5 Å². The molecule has 0 spiro atoms. The molecule has 0 saturated heterocycles. The Morgan fingerprint density at radius 3 is 2.60 bits per heavy atom. The van der Waals surface area contributed by atoms with Crippen LogP contribution in [0.2, 0.25) is 0 Å². The van der Waals surface area contributed by atoms with Gasteiger partial charge in [0.1, 0.15) is 5.75 Å². The quantitative estimate of drug-likeness (QED) is 0.774. The summed E-state index contributed by atoms with van der Waals surface area (Å²) in [6.45, 7) is 2.06. The molecule has 2 rings (SSSR count). The fourth-order valence-electron chi connectivity index (χ4n) is 2.69. The molecular formula is C20H23NO4. The van der Waals surface area contributed by atoms with E-state index in [1.807, 2.05) is 49.4 Å². The van der Waals surface area contributed by atoms with Crippen molar-refractivity contribution < 1.29 is 19.4 Å². The van der Waals surface area contributed by atoms with Crippen molar-refractivity contribution in [2.24, 2.45) is 5.92 Å². The number of hydrogen-bond donors (Lipinski definition) is 2. The number of ether oxygens (including phenoxy) is 1. The van der Waals surface area contributed by atoms with Crippen LogP contribution in [0.3, 0.4) is 0 Å². The first-order valence-corrected chi connectivity index (χ1v) is 8.16. The summed E-state index contributed by atoms with van der Waals surface area (Å²) in [6, 6.07) is 15.0. The maximum Gasteiger partial charge on any atom is 0.308 e. The number of benzene rings is 2. The van der Waals surface area contributed by atoms with Gasteiger partial charge >= 0.3 is 5.97 Å². The molecule has 1 unspecified atom stereocenters. The van der Waals surface area contributed by atoms with Crippen LogP contribution in [0.25, 0.3) is 0 Å². The molecule has 5 nitrogen and oxygen atoms in total. The average molecular weight is 341 g/mol. The number of carboxylic acid groups (broad SMARTS) is 1. The molecule has 0 fully saturated rings. The smallest absolute Gasteiger partial charge is 0.308 e. The normalized spacial score (nSPS) is 11.6. The number of methoxy groups -OCH3 is 1. The van der Waals surface area contributed by atoms with Gasteiger partial charge in [0.15, 0.2) is 0 Å². The predicted octanol–water partition coefficient (Wildman–Crippen LogP) is 2.61. The lowest BCUT2D eigenvalue weighted by Gasteiger charge is -2.14. The average Bonchev–Trinajstić information content (AvgIpc) is 2.59. The van der Waals surface area contributed by atoms with Crippen LogP contribution in [0.5, 0.6) is 5.75 Å². The SMILES string of the molecule is COc1ccccc1CC(=O)NCC(Cc1cccc(C)c1)C(=O)O. The van der Waals surface area contributed by atoms with Crippen molar-refractivity contribution in [2.45, 2.75) is 19.8 Å². The largest absolute Gasteiger partial charge is 0.496 e. The van der Waals surface area contributed by atoms with Gasteiger partial charge in [-0.05, 0) is 25.0 Å². The number of hydrogen-bond acceptors (Lipinski definition) is 3. The summed E-state index contributed by atoms with van der Waals surface area (Å²) in [5, 5.41) is 12.1. The monoisotopic (exact) mass is 341 g/mol. The summed E-state index contributed by atoms with van der Waals surface area (Å²) in [5.74, 6) is -1.16. The minimum absolute atomic E-state index is 0.0945. The highest BCUT2D eigenvalue weighted by Gasteiger charge is 2.19. The molecule has 5 heteroatoms. The standard InChI is InChI=1S/C20H23NO4/c1-14-6-5-7-15(10-14)11-17(20(23)24)13-21-19(22)12-16-8-3-4-9-18(16)25-2/h3-10,17H,11-13H2,1-2H3,(H,21,22)(H,23,24). The maximum atomic E-state index is 12.2. The minimum Gasteiger partial charge on any atom is -0.496 e. The zero-order valence-electron chi connectivity index (χ0n) is 14.5. The van der Waals surface area contributed by atoms with E-state index in [4.69, 9.17) is 4.74 Å². The number of nitrogens with one attached hydrogen (secondary N) is 1. The number of rotatable bonds is 8. The molecule has 0 heterocycles. The predicted molar refractivity (Wildman–Crippen MR) is 95.7 cm³/mol. The van der Waals surface area contributed by atoms with Gasteiger partial charge in [0.05, 0.1) is 19.4 Å². The molecule has 0 aromatic heterocycles. The van der Waals surface area contributed by atoms with Gasteiger partial charge in [0.2, 0.25) is 5.91 Å². The van der Waals surface area contributed by atoms with Crippen molar-refractivity contribution in [3.05, 3.63) is 65.2 Å². The second kappa shape index (κ2) is 8.87. The first-order chi connectivity index (χ1) is 12.0. The van der Waals surface area contributed by atoms with E-state index in [1.54, 1.807) is 13.2 Å². The second-order valence-electron chi connectivity index (χ2n) is 6.02. The number of carbonyl (C=O) groups is 2. The highest BCUT2D eigenvalue weighted by molar-refractivity contribution is 5.80. The Kier molecular flexibility index (Phi) is 6.57.